The van der Waals surface area contributed by atoms with Gasteiger partial charge >= 0.3 is 5.97 Å². The summed E-state index contributed by atoms with van der Waals surface area (Å²) in [4.78, 5) is 13.1. The average molecular weight is 595 g/mol. The van der Waals surface area contributed by atoms with Crippen LogP contribution in [0.2, 0.25) is 0 Å². The van der Waals surface area contributed by atoms with Crippen LogP contribution in [0.25, 0.3) is 0 Å². The molecule has 43 heavy (non-hydrogen) atoms. The van der Waals surface area contributed by atoms with Gasteiger partial charge < -0.3 is 24.8 Å². The van der Waals surface area contributed by atoms with Crippen LogP contribution in [-0.4, -0.2) is 46.7 Å². The van der Waals surface area contributed by atoms with Crippen LogP contribution in [0.5, 0.6) is 11.5 Å². The van der Waals surface area contributed by atoms with Gasteiger partial charge in [-0.3, -0.25) is 4.79 Å². The number of benzene rings is 1. The number of ether oxygens (including phenoxy) is 2. The van der Waals surface area contributed by atoms with Crippen LogP contribution in [0.4, 0.5) is 0 Å². The predicted molar refractivity (Wildman–Crippen MR) is 167 cm³/mol. The van der Waals surface area contributed by atoms with Crippen LogP contribution in [0, 0.1) is 56.7 Å². The van der Waals surface area contributed by atoms with Crippen molar-refractivity contribution >= 4 is 5.97 Å². The minimum absolute atomic E-state index is 0.0426. The molecule has 5 aliphatic carbocycles. The molecule has 1 aromatic rings. The smallest absolute Gasteiger partial charge is 0.310 e. The Morgan fingerprint density at radius 3 is 2.23 bits per heavy atom. The zero-order chi connectivity index (χ0) is 31.3. The molecule has 5 aliphatic rings. The Hall–Kier alpha value is -2.05. The number of phenolic OH excluding ortho intramolecular Hbond substituents is 1. The van der Waals surface area contributed by atoms with Crippen molar-refractivity contribution in [3.8, 4) is 11.5 Å². The zero-order valence-corrected chi connectivity index (χ0v) is 27.5. The van der Waals surface area contributed by atoms with Crippen LogP contribution in [0.3, 0.4) is 0 Å². The first-order chi connectivity index (χ1) is 20.1. The molecule has 238 valence electrons. The molecule has 0 unspecified atom stereocenters. The van der Waals surface area contributed by atoms with E-state index in [1.54, 1.807) is 19.2 Å². The number of carboxylic acids is 1. The van der Waals surface area contributed by atoms with E-state index in [1.165, 1.54) is 5.57 Å². The van der Waals surface area contributed by atoms with Gasteiger partial charge in [0.25, 0.3) is 0 Å². The van der Waals surface area contributed by atoms with E-state index in [0.717, 1.165) is 37.9 Å². The SMILES string of the molecule is CO[C@H]1[C@@H](O)[C@@H]2[C@@H]3[C@@H](C)C(C)=CC[C@]3(C(=O)O)CC[C@@]2(C)[C@]2(C)CC[C@H]3C(C)(C)[C@H](Oc4ccc(O)cc4)CC[C@]3(C)[C@@H]12. The zero-order valence-electron chi connectivity index (χ0n) is 27.5. The van der Waals surface area contributed by atoms with E-state index in [0.29, 0.717) is 18.8 Å². The lowest BCUT2D eigenvalue weighted by molar-refractivity contribution is -0.311. The highest BCUT2D eigenvalue weighted by atomic mass is 16.5. The highest BCUT2D eigenvalue weighted by molar-refractivity contribution is 5.76. The quantitative estimate of drug-likeness (QED) is 0.313. The molecule has 4 fully saturated rings. The molecule has 1 aromatic carbocycles. The fraction of sp³-hybridized carbons (Fsp3) is 0.757. The Morgan fingerprint density at radius 1 is 0.930 bits per heavy atom. The van der Waals surface area contributed by atoms with E-state index < -0.39 is 17.5 Å². The third kappa shape index (κ3) is 4.00. The van der Waals surface area contributed by atoms with Gasteiger partial charge in [-0.05, 0) is 122 Å². The molecular formula is C37H54O6. The Kier molecular flexibility index (Phi) is 7.18. The van der Waals surface area contributed by atoms with Gasteiger partial charge in [0.05, 0.1) is 17.6 Å². The number of aliphatic hydroxyl groups excluding tert-OH is 1. The summed E-state index contributed by atoms with van der Waals surface area (Å²) in [6.45, 7) is 16.4. The summed E-state index contributed by atoms with van der Waals surface area (Å²) in [5.41, 5.74) is -0.0849. The summed E-state index contributed by atoms with van der Waals surface area (Å²) >= 11 is 0. The van der Waals surface area contributed by atoms with Crippen LogP contribution in [-0.2, 0) is 9.53 Å². The van der Waals surface area contributed by atoms with E-state index in [-0.39, 0.29) is 63.3 Å². The highest BCUT2D eigenvalue weighted by Gasteiger charge is 2.75. The number of allylic oxidation sites excluding steroid dienone is 2. The number of fused-ring (bicyclic) bond motifs is 7. The maximum Gasteiger partial charge on any atom is 0.310 e. The van der Waals surface area contributed by atoms with Gasteiger partial charge in [0.2, 0.25) is 0 Å². The molecule has 0 saturated heterocycles. The van der Waals surface area contributed by atoms with Crippen LogP contribution in [0.1, 0.15) is 93.4 Å². The third-order valence-corrected chi connectivity index (χ3v) is 14.9. The van der Waals surface area contributed by atoms with E-state index in [1.807, 2.05) is 12.1 Å². The first-order valence-corrected chi connectivity index (χ1v) is 16.6. The number of rotatable bonds is 4. The highest BCUT2D eigenvalue weighted by Crippen LogP contribution is 2.77. The minimum Gasteiger partial charge on any atom is -0.508 e. The molecule has 0 heterocycles. The fourth-order valence-electron chi connectivity index (χ4n) is 12.4. The molecule has 0 aromatic heterocycles. The van der Waals surface area contributed by atoms with E-state index in [4.69, 9.17) is 9.47 Å². The van der Waals surface area contributed by atoms with Crippen molar-refractivity contribution in [2.75, 3.05) is 7.11 Å². The molecule has 6 heteroatoms. The monoisotopic (exact) mass is 594 g/mol. The Labute approximate surface area is 258 Å². The molecule has 6 rings (SSSR count). The summed E-state index contributed by atoms with van der Waals surface area (Å²) < 4.78 is 13.0. The largest absolute Gasteiger partial charge is 0.508 e. The lowest BCUT2D eigenvalue weighted by Gasteiger charge is -2.75. The number of carbonyl (C=O) groups is 1. The minimum atomic E-state index is -0.835. The van der Waals surface area contributed by atoms with Crippen molar-refractivity contribution in [3.05, 3.63) is 35.9 Å². The fourth-order valence-corrected chi connectivity index (χ4v) is 12.4. The number of aromatic hydroxyl groups is 1. The summed E-state index contributed by atoms with van der Waals surface area (Å²) in [5, 5.41) is 33.1. The first-order valence-electron chi connectivity index (χ1n) is 16.6. The first kappa shape index (κ1) is 31.0. The number of aliphatic hydroxyl groups is 1. The van der Waals surface area contributed by atoms with Crippen LogP contribution >= 0.6 is 0 Å². The van der Waals surface area contributed by atoms with Gasteiger partial charge in [-0.15, -0.1) is 0 Å². The van der Waals surface area contributed by atoms with Crippen molar-refractivity contribution in [3.63, 3.8) is 0 Å². The molecular weight excluding hydrogens is 540 g/mol. The molecule has 6 nitrogen and oxygen atoms in total. The number of aliphatic carboxylic acids is 1. The van der Waals surface area contributed by atoms with Crippen LogP contribution in [0.15, 0.2) is 35.9 Å². The molecule has 4 saturated carbocycles. The summed E-state index contributed by atoms with van der Waals surface area (Å²) in [6.07, 6.45) is 7.14. The molecule has 0 amide bonds. The van der Waals surface area contributed by atoms with Crippen molar-refractivity contribution < 1.29 is 29.6 Å². The maximum atomic E-state index is 13.1. The second-order valence-corrected chi connectivity index (χ2v) is 16.5. The van der Waals surface area contributed by atoms with Crippen molar-refractivity contribution in [2.45, 2.75) is 112 Å². The van der Waals surface area contributed by atoms with Crippen molar-refractivity contribution in [1.82, 2.24) is 0 Å². The average Bonchev–Trinajstić information content (AvgIpc) is 2.94. The summed E-state index contributed by atoms with van der Waals surface area (Å²) in [6, 6.07) is 7.05. The Bertz CT molecular complexity index is 1290. The molecule has 0 radical (unpaired) electrons. The van der Waals surface area contributed by atoms with Gasteiger partial charge in [-0.2, -0.15) is 0 Å². The standard InChI is InChI=1S/C37H54O6/c1-21-13-18-37(32(40)41)20-19-35(6)28(27(37)22(21)2)29(39)30(42-8)31-34(5)16-15-26(43-24-11-9-23(38)10-12-24)33(3,4)25(34)14-17-36(31,35)7/h9-13,22,25-31,38-39H,14-20H2,1-8H3,(H,40,41)/t22-,25-,26+,27-,28-,29-,30-,31+,34-,35+,36+,37-/m0/s1. The van der Waals surface area contributed by atoms with Gasteiger partial charge in [0.1, 0.15) is 17.6 Å². The predicted octanol–water partition coefficient (Wildman–Crippen LogP) is 7.48. The normalized spacial score (nSPS) is 48.5. The third-order valence-electron chi connectivity index (χ3n) is 14.9. The molecule has 0 aliphatic heterocycles. The number of hydrogen-bond acceptors (Lipinski definition) is 5. The van der Waals surface area contributed by atoms with Gasteiger partial charge in [0, 0.05) is 12.5 Å². The van der Waals surface area contributed by atoms with Crippen LogP contribution < -0.4 is 4.74 Å². The topological polar surface area (TPSA) is 96.2 Å². The Morgan fingerprint density at radius 2 is 1.60 bits per heavy atom. The van der Waals surface area contributed by atoms with Gasteiger partial charge in [0.15, 0.2) is 0 Å². The molecule has 0 spiro atoms. The van der Waals surface area contributed by atoms with Crippen molar-refractivity contribution in [2.24, 2.45) is 56.7 Å². The summed E-state index contributed by atoms with van der Waals surface area (Å²) in [7, 11) is 1.76. The van der Waals surface area contributed by atoms with Gasteiger partial charge in [-0.25, -0.2) is 0 Å². The molecule has 3 N–H and O–H groups in total. The maximum absolute atomic E-state index is 13.1. The molecule has 12 atom stereocenters. The number of hydrogen-bond donors (Lipinski definition) is 3. The Balaban J connectivity index is 1.40. The second-order valence-electron chi connectivity index (χ2n) is 16.5. The lowest BCUT2D eigenvalue weighted by Crippen LogP contribution is -2.75. The number of phenols is 1. The van der Waals surface area contributed by atoms with Crippen molar-refractivity contribution in [1.29, 1.82) is 0 Å². The van der Waals surface area contributed by atoms with E-state index in [9.17, 15) is 20.1 Å². The second kappa shape index (κ2) is 9.97. The molecule has 0 bridgehead atoms. The number of carboxylic acid groups (broad SMARTS) is 1. The van der Waals surface area contributed by atoms with E-state index in [2.05, 4.69) is 54.5 Å². The summed E-state index contributed by atoms with van der Waals surface area (Å²) in [5.74, 6) is 0.655. The lowest BCUT2D eigenvalue weighted by atomic mass is 9.30. The number of methoxy groups -OCH3 is 1. The van der Waals surface area contributed by atoms with Gasteiger partial charge in [-0.1, -0.05) is 53.2 Å². The van der Waals surface area contributed by atoms with E-state index >= 15 is 0 Å².